The Morgan fingerprint density at radius 1 is 1.62 bits per heavy atom. The summed E-state index contributed by atoms with van der Waals surface area (Å²) in [7, 11) is 0. The first-order chi connectivity index (χ1) is 3.84. The number of aliphatic hydroxyl groups is 1. The number of carbonyl (C=O) groups is 1. The molecule has 0 aromatic carbocycles. The molecule has 1 fully saturated rings. The van der Waals surface area contributed by atoms with E-state index in [1.165, 1.54) is 0 Å². The van der Waals surface area contributed by atoms with Gasteiger partial charge in [-0.25, -0.2) is 0 Å². The summed E-state index contributed by atoms with van der Waals surface area (Å²) in [5.74, 6) is 1.42. The molecule has 2 atom stereocenters. The van der Waals surface area contributed by atoms with Gasteiger partial charge in [0.05, 0.1) is 12.0 Å². The molecule has 2 nitrogen and oxygen atoms in total. The molecule has 2 unspecified atom stereocenters. The van der Waals surface area contributed by atoms with Gasteiger partial charge < -0.3 is 9.90 Å². The second-order valence-electron chi connectivity index (χ2n) is 1.90. The van der Waals surface area contributed by atoms with Crippen LogP contribution in [0, 0.1) is 5.92 Å². The van der Waals surface area contributed by atoms with Gasteiger partial charge >= 0.3 is 0 Å². The minimum Gasteiger partial charge on any atom is -0.391 e. The van der Waals surface area contributed by atoms with Crippen LogP contribution in [0.4, 0.5) is 0 Å². The molecular weight excluding hydrogens is 124 g/mol. The molecule has 1 heterocycles. The Balaban J connectivity index is 2.41. The Hall–Kier alpha value is -0.0200. The minimum absolute atomic E-state index is 0.0972. The molecule has 0 bridgehead atoms. The van der Waals surface area contributed by atoms with Crippen molar-refractivity contribution in [2.24, 2.45) is 5.92 Å². The Bertz CT molecular complexity index is 94.4. The first-order valence-electron chi connectivity index (χ1n) is 2.55. The van der Waals surface area contributed by atoms with E-state index in [0.29, 0.717) is 0 Å². The molecule has 1 saturated heterocycles. The van der Waals surface area contributed by atoms with E-state index in [1.54, 1.807) is 11.8 Å². The lowest BCUT2D eigenvalue weighted by molar-refractivity contribution is -0.112. The van der Waals surface area contributed by atoms with E-state index in [2.05, 4.69) is 0 Å². The van der Waals surface area contributed by atoms with Crippen molar-refractivity contribution in [1.29, 1.82) is 0 Å². The number of hydrogen-bond acceptors (Lipinski definition) is 3. The van der Waals surface area contributed by atoms with E-state index >= 15 is 0 Å². The molecule has 3 heteroatoms. The van der Waals surface area contributed by atoms with Crippen LogP contribution in [0.15, 0.2) is 0 Å². The fraction of sp³-hybridized carbons (Fsp3) is 0.800. The Morgan fingerprint density at radius 3 is 2.62 bits per heavy atom. The van der Waals surface area contributed by atoms with Crippen LogP contribution in [0.5, 0.6) is 0 Å². The number of carbonyl (C=O) groups excluding carboxylic acids is 1. The lowest BCUT2D eigenvalue weighted by atomic mass is 10.1. The highest BCUT2D eigenvalue weighted by molar-refractivity contribution is 7.99. The van der Waals surface area contributed by atoms with Crippen molar-refractivity contribution < 1.29 is 9.90 Å². The minimum atomic E-state index is -0.377. The topological polar surface area (TPSA) is 37.3 Å². The standard InChI is InChI=1S/C5H8O2S/c6-1-4-2-8-3-5(4)7/h1,4-5,7H,2-3H2. The van der Waals surface area contributed by atoms with Crippen LogP contribution in [0.1, 0.15) is 0 Å². The number of rotatable bonds is 1. The average molecular weight is 132 g/mol. The van der Waals surface area contributed by atoms with E-state index in [9.17, 15) is 4.79 Å². The molecule has 1 rings (SSSR count). The maximum Gasteiger partial charge on any atom is 0.126 e. The highest BCUT2D eigenvalue weighted by Crippen LogP contribution is 2.21. The third-order valence-corrected chi connectivity index (χ3v) is 2.47. The fourth-order valence-corrected chi connectivity index (χ4v) is 1.89. The quantitative estimate of drug-likeness (QED) is 0.507. The van der Waals surface area contributed by atoms with Crippen molar-refractivity contribution in [3.05, 3.63) is 0 Å². The summed E-state index contributed by atoms with van der Waals surface area (Å²) in [5, 5.41) is 8.94. The highest BCUT2D eigenvalue weighted by Gasteiger charge is 2.24. The van der Waals surface area contributed by atoms with E-state index in [-0.39, 0.29) is 12.0 Å². The van der Waals surface area contributed by atoms with Crippen molar-refractivity contribution >= 4 is 18.0 Å². The molecule has 8 heavy (non-hydrogen) atoms. The van der Waals surface area contributed by atoms with Crippen LogP contribution in [0.3, 0.4) is 0 Å². The summed E-state index contributed by atoms with van der Waals surface area (Å²) in [4.78, 5) is 10.0. The Morgan fingerprint density at radius 2 is 2.38 bits per heavy atom. The first-order valence-corrected chi connectivity index (χ1v) is 3.71. The summed E-state index contributed by atoms with van der Waals surface area (Å²) < 4.78 is 0. The summed E-state index contributed by atoms with van der Waals surface area (Å²) in [6.07, 6.45) is 0.461. The van der Waals surface area contributed by atoms with E-state index in [1.807, 2.05) is 0 Å². The lowest BCUT2D eigenvalue weighted by Crippen LogP contribution is -2.18. The molecule has 1 aliphatic heterocycles. The van der Waals surface area contributed by atoms with Gasteiger partial charge in [-0.3, -0.25) is 0 Å². The van der Waals surface area contributed by atoms with Gasteiger partial charge in [-0.15, -0.1) is 0 Å². The Labute approximate surface area is 52.3 Å². The number of thioether (sulfide) groups is 1. The molecular formula is C5H8O2S. The van der Waals surface area contributed by atoms with Crippen molar-refractivity contribution in [3.8, 4) is 0 Å². The van der Waals surface area contributed by atoms with Gasteiger partial charge in [0.1, 0.15) is 6.29 Å². The third-order valence-electron chi connectivity index (χ3n) is 1.27. The molecule has 46 valence electrons. The molecule has 0 radical (unpaired) electrons. The highest BCUT2D eigenvalue weighted by atomic mass is 32.2. The molecule has 0 aromatic rings. The van der Waals surface area contributed by atoms with Gasteiger partial charge in [0.15, 0.2) is 0 Å². The van der Waals surface area contributed by atoms with E-state index in [4.69, 9.17) is 5.11 Å². The summed E-state index contributed by atoms with van der Waals surface area (Å²) >= 11 is 1.63. The van der Waals surface area contributed by atoms with Gasteiger partial charge in [-0.1, -0.05) is 0 Å². The summed E-state index contributed by atoms with van der Waals surface area (Å²) in [5.41, 5.74) is 0. The molecule has 0 spiro atoms. The third kappa shape index (κ3) is 1.03. The lowest BCUT2D eigenvalue weighted by Gasteiger charge is -2.01. The van der Waals surface area contributed by atoms with Crippen LogP contribution >= 0.6 is 11.8 Å². The fourth-order valence-electron chi connectivity index (χ4n) is 0.690. The predicted octanol–water partition coefficient (Wildman–Crippen LogP) is -0.0908. The zero-order chi connectivity index (χ0) is 5.98. The number of hydrogen-bond donors (Lipinski definition) is 1. The molecule has 1 N–H and O–H groups in total. The van der Waals surface area contributed by atoms with Crippen molar-refractivity contribution in [3.63, 3.8) is 0 Å². The largest absolute Gasteiger partial charge is 0.391 e. The van der Waals surface area contributed by atoms with Crippen LogP contribution in [-0.2, 0) is 4.79 Å². The number of aliphatic hydroxyl groups excluding tert-OH is 1. The molecule has 0 amide bonds. The van der Waals surface area contributed by atoms with E-state index in [0.717, 1.165) is 17.8 Å². The molecule has 1 aliphatic rings. The van der Waals surface area contributed by atoms with Crippen LogP contribution in [-0.4, -0.2) is 29.0 Å². The molecule has 0 aliphatic carbocycles. The maximum absolute atomic E-state index is 10.0. The molecule has 0 aromatic heterocycles. The van der Waals surface area contributed by atoms with Gasteiger partial charge in [0.25, 0.3) is 0 Å². The summed E-state index contributed by atoms with van der Waals surface area (Å²) in [6.45, 7) is 0. The zero-order valence-corrected chi connectivity index (χ0v) is 5.23. The zero-order valence-electron chi connectivity index (χ0n) is 4.41. The molecule has 0 saturated carbocycles. The van der Waals surface area contributed by atoms with Crippen LogP contribution < -0.4 is 0 Å². The normalized spacial score (nSPS) is 37.6. The second kappa shape index (κ2) is 2.51. The van der Waals surface area contributed by atoms with Crippen molar-refractivity contribution in [2.75, 3.05) is 11.5 Å². The van der Waals surface area contributed by atoms with Gasteiger partial charge in [-0.2, -0.15) is 11.8 Å². The van der Waals surface area contributed by atoms with Crippen LogP contribution in [0.2, 0.25) is 0 Å². The van der Waals surface area contributed by atoms with Crippen molar-refractivity contribution in [1.82, 2.24) is 0 Å². The SMILES string of the molecule is O=CC1CSCC1O. The van der Waals surface area contributed by atoms with Gasteiger partial charge in [-0.05, 0) is 0 Å². The predicted molar refractivity (Wildman–Crippen MR) is 32.9 cm³/mol. The first kappa shape index (κ1) is 6.11. The second-order valence-corrected chi connectivity index (χ2v) is 2.98. The van der Waals surface area contributed by atoms with Gasteiger partial charge in [0.2, 0.25) is 0 Å². The maximum atomic E-state index is 10.0. The van der Waals surface area contributed by atoms with Crippen LogP contribution in [0.25, 0.3) is 0 Å². The number of aldehydes is 1. The smallest absolute Gasteiger partial charge is 0.126 e. The monoisotopic (exact) mass is 132 g/mol. The van der Waals surface area contributed by atoms with Crippen molar-refractivity contribution in [2.45, 2.75) is 6.10 Å². The summed E-state index contributed by atoms with van der Waals surface area (Å²) in [6, 6.07) is 0. The van der Waals surface area contributed by atoms with E-state index < -0.39 is 0 Å². The average Bonchev–Trinajstić information content (AvgIpc) is 2.14. The Kier molecular flexibility index (Phi) is 1.91. The van der Waals surface area contributed by atoms with Gasteiger partial charge in [0, 0.05) is 11.5 Å².